The van der Waals surface area contributed by atoms with Gasteiger partial charge in [0.05, 0.1) is 16.4 Å². The Labute approximate surface area is 158 Å². The molecule has 1 N–H and O–H groups in total. The molecule has 0 bridgehead atoms. The van der Waals surface area contributed by atoms with Crippen molar-refractivity contribution >= 4 is 23.5 Å². The van der Waals surface area contributed by atoms with E-state index >= 15 is 0 Å². The van der Waals surface area contributed by atoms with Crippen molar-refractivity contribution in [2.75, 3.05) is 5.75 Å². The summed E-state index contributed by atoms with van der Waals surface area (Å²) in [6, 6.07) is 5.76. The molecule has 6 heteroatoms. The SMILES string of the molecule is CCCSc1ccc(C(=O)c2c(C)cc3n2CCC3(CC)C(=O)O)n1C. The van der Waals surface area contributed by atoms with Gasteiger partial charge in [-0.1, -0.05) is 13.8 Å². The number of hydrogen-bond acceptors (Lipinski definition) is 3. The van der Waals surface area contributed by atoms with Crippen molar-refractivity contribution in [3.63, 3.8) is 0 Å². The largest absolute Gasteiger partial charge is 0.481 e. The Morgan fingerprint density at radius 3 is 2.65 bits per heavy atom. The third-order valence-electron chi connectivity index (χ3n) is 5.53. The van der Waals surface area contributed by atoms with Crippen molar-refractivity contribution in [2.24, 2.45) is 7.05 Å². The van der Waals surface area contributed by atoms with Crippen LogP contribution in [0.5, 0.6) is 0 Å². The zero-order chi connectivity index (χ0) is 19.1. The van der Waals surface area contributed by atoms with Crippen LogP contribution in [0.1, 0.15) is 60.5 Å². The average Bonchev–Trinajstić information content (AvgIpc) is 3.24. The van der Waals surface area contributed by atoms with Gasteiger partial charge in [0.15, 0.2) is 0 Å². The Hall–Kier alpha value is -1.95. The molecule has 0 saturated carbocycles. The van der Waals surface area contributed by atoms with Crippen molar-refractivity contribution in [1.29, 1.82) is 0 Å². The van der Waals surface area contributed by atoms with Gasteiger partial charge in [0.1, 0.15) is 5.41 Å². The number of carboxylic acid groups (broad SMARTS) is 1. The van der Waals surface area contributed by atoms with Crippen molar-refractivity contribution in [1.82, 2.24) is 9.13 Å². The van der Waals surface area contributed by atoms with Crippen LogP contribution < -0.4 is 0 Å². The molecule has 0 fully saturated rings. The Morgan fingerprint density at radius 2 is 2.04 bits per heavy atom. The van der Waals surface area contributed by atoms with Crippen LogP contribution in [0.2, 0.25) is 0 Å². The number of hydrogen-bond donors (Lipinski definition) is 1. The first-order chi connectivity index (χ1) is 12.4. The number of fused-ring (bicyclic) bond motifs is 1. The molecule has 0 saturated heterocycles. The normalized spacial score (nSPS) is 18.9. The zero-order valence-corrected chi connectivity index (χ0v) is 16.7. The summed E-state index contributed by atoms with van der Waals surface area (Å²) in [7, 11) is 1.92. The maximum Gasteiger partial charge on any atom is 0.315 e. The molecule has 1 aliphatic rings. The van der Waals surface area contributed by atoms with Gasteiger partial charge in [0.25, 0.3) is 0 Å². The summed E-state index contributed by atoms with van der Waals surface area (Å²) < 4.78 is 3.88. The topological polar surface area (TPSA) is 64.2 Å². The lowest BCUT2D eigenvalue weighted by atomic mass is 9.81. The maximum atomic E-state index is 13.3. The van der Waals surface area contributed by atoms with Gasteiger partial charge in [-0.15, -0.1) is 11.8 Å². The van der Waals surface area contributed by atoms with Gasteiger partial charge in [0.2, 0.25) is 5.78 Å². The fourth-order valence-electron chi connectivity index (χ4n) is 3.96. The number of thioether (sulfide) groups is 1. The predicted octanol–water partition coefficient (Wildman–Crippen LogP) is 4.00. The van der Waals surface area contributed by atoms with Gasteiger partial charge >= 0.3 is 5.97 Å². The molecular weight excluding hydrogens is 348 g/mol. The van der Waals surface area contributed by atoms with E-state index in [1.54, 1.807) is 11.8 Å². The van der Waals surface area contributed by atoms with E-state index in [-0.39, 0.29) is 5.78 Å². The van der Waals surface area contributed by atoms with E-state index in [0.717, 1.165) is 28.5 Å². The number of carbonyl (C=O) groups is 2. The molecule has 3 rings (SSSR count). The second-order valence-electron chi connectivity index (χ2n) is 7.00. The van der Waals surface area contributed by atoms with E-state index in [4.69, 9.17) is 0 Å². The van der Waals surface area contributed by atoms with E-state index in [1.165, 1.54) is 0 Å². The van der Waals surface area contributed by atoms with Crippen LogP contribution in [0, 0.1) is 6.92 Å². The lowest BCUT2D eigenvalue weighted by Gasteiger charge is -2.21. The highest BCUT2D eigenvalue weighted by Crippen LogP contribution is 2.41. The van der Waals surface area contributed by atoms with Gasteiger partial charge in [0, 0.05) is 19.3 Å². The quantitative estimate of drug-likeness (QED) is 0.588. The lowest BCUT2D eigenvalue weighted by molar-refractivity contribution is -0.144. The molecule has 1 aliphatic heterocycles. The standard InChI is InChI=1S/C20H26N2O3S/c1-5-11-26-16-8-7-14(21(16)4)18(23)17-13(3)12-15-20(6-2,19(24)25)9-10-22(15)17/h7-8,12H,5-6,9-11H2,1-4H3,(H,24,25). The van der Waals surface area contributed by atoms with Crippen LogP contribution in [-0.2, 0) is 23.8 Å². The molecule has 2 aromatic rings. The summed E-state index contributed by atoms with van der Waals surface area (Å²) in [4.78, 5) is 25.2. The smallest absolute Gasteiger partial charge is 0.315 e. The van der Waals surface area contributed by atoms with E-state index in [0.29, 0.717) is 30.8 Å². The van der Waals surface area contributed by atoms with Gasteiger partial charge in [-0.25, -0.2) is 0 Å². The first kappa shape index (κ1) is 18.8. The van der Waals surface area contributed by atoms with Gasteiger partial charge in [-0.05, 0) is 55.7 Å². The third-order valence-corrected chi connectivity index (χ3v) is 6.85. The van der Waals surface area contributed by atoms with Crippen molar-refractivity contribution < 1.29 is 14.7 Å². The summed E-state index contributed by atoms with van der Waals surface area (Å²) in [5.41, 5.74) is 2.03. The number of aliphatic carboxylic acids is 1. The van der Waals surface area contributed by atoms with E-state index in [2.05, 4.69) is 6.92 Å². The first-order valence-electron chi connectivity index (χ1n) is 9.14. The van der Waals surface area contributed by atoms with E-state index in [1.807, 2.05) is 48.2 Å². The molecular formula is C20H26N2O3S. The summed E-state index contributed by atoms with van der Waals surface area (Å²) in [5, 5.41) is 10.9. The van der Waals surface area contributed by atoms with E-state index in [9.17, 15) is 14.7 Å². The Balaban J connectivity index is 2.02. The predicted molar refractivity (Wildman–Crippen MR) is 103 cm³/mol. The molecule has 0 aromatic carbocycles. The highest BCUT2D eigenvalue weighted by atomic mass is 32.2. The minimum absolute atomic E-state index is 0.0307. The van der Waals surface area contributed by atoms with Crippen LogP contribution in [-0.4, -0.2) is 31.7 Å². The lowest BCUT2D eigenvalue weighted by Crippen LogP contribution is -2.32. The minimum atomic E-state index is -0.875. The summed E-state index contributed by atoms with van der Waals surface area (Å²) in [6.45, 7) is 6.52. The molecule has 1 unspecified atom stereocenters. The molecule has 26 heavy (non-hydrogen) atoms. The van der Waals surface area contributed by atoms with Crippen molar-refractivity contribution in [2.45, 2.75) is 57.0 Å². The fraction of sp³-hybridized carbons (Fsp3) is 0.500. The van der Waals surface area contributed by atoms with Crippen LogP contribution >= 0.6 is 11.8 Å². The second-order valence-corrected chi connectivity index (χ2v) is 8.11. The van der Waals surface area contributed by atoms with Gasteiger partial charge < -0.3 is 14.2 Å². The van der Waals surface area contributed by atoms with Crippen LogP contribution in [0.15, 0.2) is 23.2 Å². The number of aryl methyl sites for hydroxylation is 1. The number of aromatic nitrogens is 2. The Kier molecular flexibility index (Phi) is 5.06. The van der Waals surface area contributed by atoms with Crippen LogP contribution in [0.25, 0.3) is 0 Å². The Morgan fingerprint density at radius 1 is 1.31 bits per heavy atom. The number of rotatable bonds is 7. The summed E-state index contributed by atoms with van der Waals surface area (Å²) >= 11 is 1.75. The average molecular weight is 375 g/mol. The monoisotopic (exact) mass is 374 g/mol. The number of carbonyl (C=O) groups excluding carboxylic acids is 1. The molecule has 3 heterocycles. The van der Waals surface area contributed by atoms with Crippen LogP contribution in [0.3, 0.4) is 0 Å². The third kappa shape index (κ3) is 2.71. The minimum Gasteiger partial charge on any atom is -0.481 e. The highest BCUT2D eigenvalue weighted by molar-refractivity contribution is 7.99. The van der Waals surface area contributed by atoms with Gasteiger partial charge in [-0.3, -0.25) is 9.59 Å². The molecule has 140 valence electrons. The molecule has 0 aliphatic carbocycles. The molecule has 2 aromatic heterocycles. The molecule has 0 amide bonds. The molecule has 0 spiro atoms. The fourth-order valence-corrected chi connectivity index (χ4v) is 4.83. The zero-order valence-electron chi connectivity index (χ0n) is 15.8. The number of nitrogens with zero attached hydrogens (tertiary/aromatic N) is 2. The summed E-state index contributed by atoms with van der Waals surface area (Å²) in [6.07, 6.45) is 2.15. The summed E-state index contributed by atoms with van der Waals surface area (Å²) in [5.74, 6) is 0.187. The Bertz CT molecular complexity index is 865. The number of carboxylic acids is 1. The van der Waals surface area contributed by atoms with Gasteiger partial charge in [-0.2, -0.15) is 0 Å². The highest BCUT2D eigenvalue weighted by Gasteiger charge is 2.46. The molecule has 5 nitrogen and oxygen atoms in total. The first-order valence-corrected chi connectivity index (χ1v) is 10.1. The molecule has 0 radical (unpaired) electrons. The van der Waals surface area contributed by atoms with Crippen molar-refractivity contribution in [3.8, 4) is 0 Å². The molecule has 1 atom stereocenters. The maximum absolute atomic E-state index is 13.3. The van der Waals surface area contributed by atoms with E-state index < -0.39 is 11.4 Å². The number of ketones is 1. The van der Waals surface area contributed by atoms with Crippen molar-refractivity contribution in [3.05, 3.63) is 40.8 Å². The van der Waals surface area contributed by atoms with Crippen LogP contribution in [0.4, 0.5) is 0 Å². The second kappa shape index (κ2) is 6.99.